The van der Waals surface area contributed by atoms with Gasteiger partial charge >= 0.3 is 0 Å². The van der Waals surface area contributed by atoms with E-state index >= 15 is 0 Å². The van der Waals surface area contributed by atoms with E-state index in [-0.39, 0.29) is 6.04 Å². The highest BCUT2D eigenvalue weighted by Crippen LogP contribution is 2.33. The van der Waals surface area contributed by atoms with Gasteiger partial charge in [-0.2, -0.15) is 5.10 Å². The topological polar surface area (TPSA) is 43.8 Å². The Morgan fingerprint density at radius 2 is 1.88 bits per heavy atom. The molecular weight excluding hydrogens is 210 g/mol. The molecule has 1 aliphatic rings. The second-order valence-electron chi connectivity index (χ2n) is 4.84. The second kappa shape index (κ2) is 4.00. The number of aryl methyl sites for hydroxylation is 1. The smallest absolute Gasteiger partial charge is 0.0551 e. The summed E-state index contributed by atoms with van der Waals surface area (Å²) in [6, 6.07) is 10.7. The lowest BCUT2D eigenvalue weighted by atomic mass is 9.95. The molecule has 3 heteroatoms. The van der Waals surface area contributed by atoms with Crippen LogP contribution < -0.4 is 5.73 Å². The summed E-state index contributed by atoms with van der Waals surface area (Å²) in [6.07, 6.45) is 3.99. The number of nitrogens with two attached hydrogens (primary N) is 1. The van der Waals surface area contributed by atoms with Crippen LogP contribution in [0.15, 0.2) is 36.5 Å². The number of hydrogen-bond acceptors (Lipinski definition) is 2. The maximum atomic E-state index is 6.36. The number of hydrogen-bond donors (Lipinski definition) is 1. The monoisotopic (exact) mass is 227 g/mol. The largest absolute Gasteiger partial charge is 0.322 e. The molecule has 0 bridgehead atoms. The fraction of sp³-hybridized carbons (Fsp3) is 0.357. The summed E-state index contributed by atoms with van der Waals surface area (Å²) in [5, 5.41) is 4.19. The zero-order valence-corrected chi connectivity index (χ0v) is 10.0. The van der Waals surface area contributed by atoms with Gasteiger partial charge in [0.15, 0.2) is 0 Å². The van der Waals surface area contributed by atoms with Gasteiger partial charge in [-0.1, -0.05) is 24.3 Å². The van der Waals surface area contributed by atoms with Gasteiger partial charge in [0, 0.05) is 13.2 Å². The summed E-state index contributed by atoms with van der Waals surface area (Å²) in [6.45, 7) is 0. The number of fused-ring (bicyclic) bond motifs is 1. The third kappa shape index (κ3) is 1.76. The second-order valence-corrected chi connectivity index (χ2v) is 4.84. The highest BCUT2D eigenvalue weighted by atomic mass is 15.3. The van der Waals surface area contributed by atoms with Crippen LogP contribution in [0.25, 0.3) is 0 Å². The lowest BCUT2D eigenvalue weighted by Crippen LogP contribution is -2.24. The molecule has 1 aromatic heterocycles. The quantitative estimate of drug-likeness (QED) is 0.850. The van der Waals surface area contributed by atoms with Crippen LogP contribution in [0.5, 0.6) is 0 Å². The summed E-state index contributed by atoms with van der Waals surface area (Å²) in [5.74, 6) is 0.503. The van der Waals surface area contributed by atoms with Gasteiger partial charge < -0.3 is 5.73 Å². The zero-order chi connectivity index (χ0) is 11.8. The molecule has 0 aliphatic heterocycles. The minimum atomic E-state index is 0.0786. The highest BCUT2D eigenvalue weighted by molar-refractivity contribution is 5.33. The van der Waals surface area contributed by atoms with Gasteiger partial charge in [0.1, 0.15) is 0 Å². The number of rotatable bonds is 2. The predicted molar refractivity (Wildman–Crippen MR) is 67.5 cm³/mol. The lowest BCUT2D eigenvalue weighted by Gasteiger charge is -2.18. The zero-order valence-electron chi connectivity index (χ0n) is 10.0. The average Bonchev–Trinajstić information content (AvgIpc) is 2.93. The molecular formula is C14H17N3. The highest BCUT2D eigenvalue weighted by Gasteiger charge is 2.28. The third-order valence-electron chi connectivity index (χ3n) is 3.79. The standard InChI is InChI=1S/C14H17N3/c1-17-13(6-7-16-17)14(15)12-8-10-4-2-3-5-11(10)9-12/h2-7,12,14H,8-9,15H2,1H3. The maximum absolute atomic E-state index is 6.36. The van der Waals surface area contributed by atoms with Gasteiger partial charge in [-0.05, 0) is 36.0 Å². The summed E-state index contributed by atoms with van der Waals surface area (Å²) < 4.78 is 1.88. The first-order chi connectivity index (χ1) is 8.25. The minimum absolute atomic E-state index is 0.0786. The van der Waals surface area contributed by atoms with E-state index in [0.29, 0.717) is 5.92 Å². The molecule has 1 unspecified atom stereocenters. The van der Waals surface area contributed by atoms with Crippen LogP contribution >= 0.6 is 0 Å². The first-order valence-corrected chi connectivity index (χ1v) is 6.06. The van der Waals surface area contributed by atoms with Crippen molar-refractivity contribution in [2.45, 2.75) is 18.9 Å². The Bertz CT molecular complexity index is 505. The van der Waals surface area contributed by atoms with Gasteiger partial charge in [-0.25, -0.2) is 0 Å². The molecule has 3 nitrogen and oxygen atoms in total. The van der Waals surface area contributed by atoms with E-state index in [0.717, 1.165) is 18.5 Å². The lowest BCUT2D eigenvalue weighted by molar-refractivity contribution is 0.430. The molecule has 0 spiro atoms. The first-order valence-electron chi connectivity index (χ1n) is 6.06. The van der Waals surface area contributed by atoms with Crippen molar-refractivity contribution in [3.05, 3.63) is 53.3 Å². The van der Waals surface area contributed by atoms with Crippen LogP contribution in [0.4, 0.5) is 0 Å². The molecule has 3 rings (SSSR count). The molecule has 1 atom stereocenters. The Kier molecular flexibility index (Phi) is 2.48. The third-order valence-corrected chi connectivity index (χ3v) is 3.79. The molecule has 0 saturated heterocycles. The predicted octanol–water partition coefficient (Wildman–Crippen LogP) is 1.83. The van der Waals surface area contributed by atoms with Crippen molar-refractivity contribution in [2.75, 3.05) is 0 Å². The normalized spacial score (nSPS) is 17.1. The maximum Gasteiger partial charge on any atom is 0.0551 e. The van der Waals surface area contributed by atoms with Crippen molar-refractivity contribution in [1.29, 1.82) is 0 Å². The Labute approximate surface area is 101 Å². The number of aromatic nitrogens is 2. The van der Waals surface area contributed by atoms with Crippen LogP contribution in [0, 0.1) is 5.92 Å². The van der Waals surface area contributed by atoms with E-state index in [9.17, 15) is 0 Å². The van der Waals surface area contributed by atoms with Gasteiger partial charge in [0.05, 0.1) is 11.7 Å². The van der Waals surface area contributed by atoms with Crippen LogP contribution in [-0.4, -0.2) is 9.78 Å². The molecule has 2 N–H and O–H groups in total. The SMILES string of the molecule is Cn1nccc1C(N)C1Cc2ccccc2C1. The van der Waals surface area contributed by atoms with Crippen LogP contribution in [0.2, 0.25) is 0 Å². The Morgan fingerprint density at radius 1 is 1.24 bits per heavy atom. The Hall–Kier alpha value is -1.61. The van der Waals surface area contributed by atoms with E-state index in [1.165, 1.54) is 11.1 Å². The van der Waals surface area contributed by atoms with Crippen molar-refractivity contribution in [3.63, 3.8) is 0 Å². The summed E-state index contributed by atoms with van der Waals surface area (Å²) >= 11 is 0. The Morgan fingerprint density at radius 3 is 2.41 bits per heavy atom. The van der Waals surface area contributed by atoms with Crippen LogP contribution in [0.3, 0.4) is 0 Å². The molecule has 1 aliphatic carbocycles. The summed E-state index contributed by atoms with van der Waals surface area (Å²) in [7, 11) is 1.96. The summed E-state index contributed by atoms with van der Waals surface area (Å²) in [4.78, 5) is 0. The fourth-order valence-corrected chi connectivity index (χ4v) is 2.80. The van der Waals surface area contributed by atoms with E-state index in [4.69, 9.17) is 5.73 Å². The van der Waals surface area contributed by atoms with Gasteiger partial charge in [0.25, 0.3) is 0 Å². The average molecular weight is 227 g/mol. The van der Waals surface area contributed by atoms with Crippen LogP contribution in [0.1, 0.15) is 22.9 Å². The van der Waals surface area contributed by atoms with Crippen LogP contribution in [-0.2, 0) is 19.9 Å². The van der Waals surface area contributed by atoms with Crippen molar-refractivity contribution in [3.8, 4) is 0 Å². The van der Waals surface area contributed by atoms with Gasteiger partial charge in [0.2, 0.25) is 0 Å². The molecule has 0 fully saturated rings. The number of benzene rings is 1. The van der Waals surface area contributed by atoms with Gasteiger partial charge in [-0.15, -0.1) is 0 Å². The molecule has 2 aromatic rings. The van der Waals surface area contributed by atoms with Crippen molar-refractivity contribution >= 4 is 0 Å². The van der Waals surface area contributed by atoms with E-state index in [2.05, 4.69) is 29.4 Å². The molecule has 17 heavy (non-hydrogen) atoms. The molecule has 0 saturated carbocycles. The molecule has 0 radical (unpaired) electrons. The van der Waals surface area contributed by atoms with E-state index < -0.39 is 0 Å². The summed E-state index contributed by atoms with van der Waals surface area (Å²) in [5.41, 5.74) is 10.4. The van der Waals surface area contributed by atoms with Crippen molar-refractivity contribution < 1.29 is 0 Å². The number of nitrogens with zero attached hydrogens (tertiary/aromatic N) is 2. The van der Waals surface area contributed by atoms with Crippen molar-refractivity contribution in [1.82, 2.24) is 9.78 Å². The molecule has 1 aromatic carbocycles. The Balaban J connectivity index is 1.83. The van der Waals surface area contributed by atoms with Crippen molar-refractivity contribution in [2.24, 2.45) is 18.7 Å². The van der Waals surface area contributed by atoms with E-state index in [1.54, 1.807) is 0 Å². The van der Waals surface area contributed by atoms with Gasteiger partial charge in [-0.3, -0.25) is 4.68 Å². The minimum Gasteiger partial charge on any atom is -0.322 e. The fourth-order valence-electron chi connectivity index (χ4n) is 2.80. The molecule has 88 valence electrons. The molecule has 0 amide bonds. The first kappa shape index (κ1) is 10.5. The molecule has 1 heterocycles. The van der Waals surface area contributed by atoms with E-state index in [1.807, 2.05) is 24.0 Å².